The molecule has 0 N–H and O–H groups in total. The first-order chi connectivity index (χ1) is 15.6. The van der Waals surface area contributed by atoms with Crippen molar-refractivity contribution in [1.82, 2.24) is 0 Å². The number of hydrogen-bond acceptors (Lipinski definition) is 11. The third-order valence-corrected chi connectivity index (χ3v) is 6.46. The van der Waals surface area contributed by atoms with Gasteiger partial charge in [-0.25, -0.2) is 14.2 Å². The van der Waals surface area contributed by atoms with Crippen LogP contribution in [0.2, 0.25) is 0 Å². The summed E-state index contributed by atoms with van der Waals surface area (Å²) in [5.74, 6) is -0.992. The molecule has 0 aromatic heterocycles. The minimum absolute atomic E-state index is 0.0115. The number of carbonyl (C=O) groups is 2. The minimum atomic E-state index is -3.37. The zero-order valence-electron chi connectivity index (χ0n) is 21.0. The molecule has 0 amide bonds. The minimum Gasteiger partial charge on any atom is -0.460 e. The average Bonchev–Trinajstić information content (AvgIpc) is 3.14. The predicted molar refractivity (Wildman–Crippen MR) is 127 cm³/mol. The van der Waals surface area contributed by atoms with E-state index in [2.05, 4.69) is 33.9 Å². The molecule has 1 heterocycles. The first kappa shape index (κ1) is 32.7. The molecule has 198 valence electrons. The summed E-state index contributed by atoms with van der Waals surface area (Å²) in [6.45, 7) is 18.5. The largest absolute Gasteiger partial charge is 0.475 e. The molecule has 1 aliphatic heterocycles. The molecule has 1 aliphatic rings. The van der Waals surface area contributed by atoms with Crippen molar-refractivity contribution in [2.24, 2.45) is 5.41 Å². The Morgan fingerprint density at radius 3 is 1.76 bits per heavy atom. The van der Waals surface area contributed by atoms with Crippen LogP contribution in [0.15, 0.2) is 24.3 Å². The molecule has 0 radical (unpaired) electrons. The number of rotatable bonds is 13. The van der Waals surface area contributed by atoms with Crippen molar-refractivity contribution in [1.29, 1.82) is 0 Å². The van der Waals surface area contributed by atoms with Crippen LogP contribution in [-0.4, -0.2) is 64.9 Å². The summed E-state index contributed by atoms with van der Waals surface area (Å²) in [7, 11) is -6.44. The van der Waals surface area contributed by atoms with Crippen molar-refractivity contribution in [3.8, 4) is 0 Å². The molecule has 0 aliphatic carbocycles. The number of phosphoric acid groups is 1. The first-order valence-electron chi connectivity index (χ1n) is 10.6. The summed E-state index contributed by atoms with van der Waals surface area (Å²) in [6.07, 6.45) is 0.791. The van der Waals surface area contributed by atoms with Gasteiger partial charge in [-0.3, -0.25) is 18.1 Å². The van der Waals surface area contributed by atoms with Crippen molar-refractivity contribution < 1.29 is 50.8 Å². The van der Waals surface area contributed by atoms with Gasteiger partial charge in [-0.15, -0.1) is 0 Å². The van der Waals surface area contributed by atoms with Gasteiger partial charge in [0, 0.05) is 17.8 Å². The molecule has 0 saturated carbocycles. The van der Waals surface area contributed by atoms with Crippen LogP contribution in [0.5, 0.6) is 0 Å². The second kappa shape index (κ2) is 15.6. The van der Waals surface area contributed by atoms with Crippen LogP contribution in [0.1, 0.15) is 41.0 Å². The molecule has 1 atom stereocenters. The second-order valence-corrected chi connectivity index (χ2v) is 12.3. The van der Waals surface area contributed by atoms with Crippen LogP contribution < -0.4 is 0 Å². The van der Waals surface area contributed by atoms with E-state index in [0.29, 0.717) is 17.8 Å². The van der Waals surface area contributed by atoms with E-state index in [4.69, 9.17) is 32.1 Å². The molecular formula is C21H38O11P2. The van der Waals surface area contributed by atoms with E-state index in [1.54, 1.807) is 6.92 Å². The predicted octanol–water partition coefficient (Wildman–Crippen LogP) is 4.68. The number of carbonyl (C=O) groups excluding carboxylic acids is 2. The topological polar surface area (TPSA) is 133 Å². The third kappa shape index (κ3) is 17.2. The van der Waals surface area contributed by atoms with E-state index in [-0.39, 0.29) is 45.1 Å². The maximum absolute atomic E-state index is 11.9. The fraction of sp³-hybridized carbons (Fsp3) is 0.714. The monoisotopic (exact) mass is 528 g/mol. The molecule has 0 aromatic rings. The maximum Gasteiger partial charge on any atom is 0.475 e. The molecule has 0 bridgehead atoms. The smallest absolute Gasteiger partial charge is 0.460 e. The standard InChI is InChI=1S/C13H25O5P.C8H13O6P/c1-11(2)12(14)16-9-10-18-19(6,15)17-8-7-13(3,4)5;1-7(2)8(9)11-3-4-12-15(10)13-5-6-14-15/h1,7-10H2,2-6H3;1,3-6H2,2H3. The fourth-order valence-corrected chi connectivity index (χ4v) is 3.85. The molecule has 1 rings (SSSR count). The van der Waals surface area contributed by atoms with Crippen LogP contribution in [0, 0.1) is 5.41 Å². The van der Waals surface area contributed by atoms with Gasteiger partial charge in [0.2, 0.25) is 0 Å². The maximum atomic E-state index is 11.9. The Morgan fingerprint density at radius 1 is 0.882 bits per heavy atom. The van der Waals surface area contributed by atoms with Gasteiger partial charge in [0.1, 0.15) is 13.2 Å². The lowest BCUT2D eigenvalue weighted by molar-refractivity contribution is -0.140. The molecule has 11 nitrogen and oxygen atoms in total. The van der Waals surface area contributed by atoms with E-state index in [0.717, 1.165) is 6.42 Å². The number of phosphoric ester groups is 1. The van der Waals surface area contributed by atoms with Crippen molar-refractivity contribution in [2.75, 3.05) is 52.9 Å². The summed E-state index contributed by atoms with van der Waals surface area (Å²) in [6, 6.07) is 0. The lowest BCUT2D eigenvalue weighted by Crippen LogP contribution is -2.12. The highest BCUT2D eigenvalue weighted by atomic mass is 31.2. The van der Waals surface area contributed by atoms with Crippen LogP contribution in [-0.2, 0) is 50.8 Å². The molecule has 1 fully saturated rings. The van der Waals surface area contributed by atoms with Crippen LogP contribution in [0.3, 0.4) is 0 Å². The molecule has 1 unspecified atom stereocenters. The Kier molecular flexibility index (Phi) is 15.0. The van der Waals surface area contributed by atoms with Gasteiger partial charge < -0.3 is 18.5 Å². The van der Waals surface area contributed by atoms with Crippen LogP contribution in [0.25, 0.3) is 0 Å². The van der Waals surface area contributed by atoms with Gasteiger partial charge in [-0.2, -0.15) is 0 Å². The van der Waals surface area contributed by atoms with Gasteiger partial charge in [0.05, 0.1) is 33.0 Å². The first-order valence-corrected chi connectivity index (χ1v) is 14.1. The van der Waals surface area contributed by atoms with Crippen molar-refractivity contribution >= 4 is 27.4 Å². The Balaban J connectivity index is 0.000000657. The number of esters is 2. The van der Waals surface area contributed by atoms with E-state index < -0.39 is 27.4 Å². The highest BCUT2D eigenvalue weighted by Crippen LogP contribution is 2.52. The van der Waals surface area contributed by atoms with Crippen molar-refractivity contribution in [2.45, 2.75) is 41.0 Å². The Bertz CT molecular complexity index is 776. The van der Waals surface area contributed by atoms with Crippen molar-refractivity contribution in [3.05, 3.63) is 24.3 Å². The zero-order chi connectivity index (χ0) is 26.4. The fourth-order valence-electron chi connectivity index (χ4n) is 1.83. The third-order valence-electron chi connectivity index (χ3n) is 3.67. The Hall–Kier alpha value is -1.32. The summed E-state index contributed by atoms with van der Waals surface area (Å²) >= 11 is 0. The van der Waals surface area contributed by atoms with Crippen LogP contribution in [0.4, 0.5) is 0 Å². The molecular weight excluding hydrogens is 490 g/mol. The Labute approximate surface area is 202 Å². The number of hydrogen-bond donors (Lipinski definition) is 0. The molecule has 13 heteroatoms. The van der Waals surface area contributed by atoms with Gasteiger partial charge in [0.15, 0.2) is 0 Å². The van der Waals surface area contributed by atoms with Gasteiger partial charge in [0.25, 0.3) is 0 Å². The highest BCUT2D eigenvalue weighted by Gasteiger charge is 2.31. The summed E-state index contributed by atoms with van der Waals surface area (Å²) in [4.78, 5) is 22.0. The van der Waals surface area contributed by atoms with Gasteiger partial charge in [-0.1, -0.05) is 33.9 Å². The molecule has 34 heavy (non-hydrogen) atoms. The van der Waals surface area contributed by atoms with E-state index in [1.165, 1.54) is 13.6 Å². The molecule has 0 aromatic carbocycles. The normalized spacial score (nSPS) is 16.5. The summed E-state index contributed by atoms with van der Waals surface area (Å²) < 4.78 is 57.4. The molecule has 1 saturated heterocycles. The summed E-state index contributed by atoms with van der Waals surface area (Å²) in [5.41, 5.74) is 0.743. The number of ether oxygens (including phenoxy) is 2. The summed E-state index contributed by atoms with van der Waals surface area (Å²) in [5, 5.41) is 0. The average molecular weight is 528 g/mol. The Morgan fingerprint density at radius 2 is 1.32 bits per heavy atom. The van der Waals surface area contributed by atoms with E-state index in [1.807, 2.05) is 0 Å². The SMILES string of the molecule is C=C(C)C(=O)OCCOP(C)(=O)OCCC(C)(C)C.C=C(C)C(=O)OCCOP1(=O)OCCO1. The van der Waals surface area contributed by atoms with E-state index >= 15 is 0 Å². The van der Waals surface area contributed by atoms with E-state index in [9.17, 15) is 18.7 Å². The van der Waals surface area contributed by atoms with Gasteiger partial charge >= 0.3 is 27.4 Å². The second-order valence-electron chi connectivity index (χ2n) is 8.53. The zero-order valence-corrected chi connectivity index (χ0v) is 22.7. The van der Waals surface area contributed by atoms with Gasteiger partial charge in [-0.05, 0) is 25.7 Å². The highest BCUT2D eigenvalue weighted by molar-refractivity contribution is 7.52. The van der Waals surface area contributed by atoms with Crippen molar-refractivity contribution in [3.63, 3.8) is 0 Å². The lowest BCUT2D eigenvalue weighted by Gasteiger charge is -2.20. The van der Waals surface area contributed by atoms with Crippen LogP contribution >= 0.6 is 15.4 Å². The quantitative estimate of drug-likeness (QED) is 0.143. The lowest BCUT2D eigenvalue weighted by atomic mass is 9.93. The molecule has 0 spiro atoms.